The highest BCUT2D eigenvalue weighted by Crippen LogP contribution is 2.32. The van der Waals surface area contributed by atoms with Crippen LogP contribution in [0.15, 0.2) is 60.7 Å². The number of anilines is 1. The van der Waals surface area contributed by atoms with E-state index in [1.165, 1.54) is 12.1 Å². The number of hydrogen-bond acceptors (Lipinski definition) is 6. The van der Waals surface area contributed by atoms with Crippen LogP contribution in [0.1, 0.15) is 11.7 Å². The predicted octanol–water partition coefficient (Wildman–Crippen LogP) is 4.29. The van der Waals surface area contributed by atoms with Gasteiger partial charge in [0.15, 0.2) is 0 Å². The van der Waals surface area contributed by atoms with E-state index >= 15 is 0 Å². The van der Waals surface area contributed by atoms with Gasteiger partial charge in [-0.15, -0.1) is 13.2 Å². The largest absolute Gasteiger partial charge is 0.573 e. The number of aliphatic hydroxyl groups excluding tert-OH is 1. The Morgan fingerprint density at radius 1 is 1.00 bits per heavy atom. The number of aromatic nitrogens is 1. The van der Waals surface area contributed by atoms with Gasteiger partial charge in [0, 0.05) is 41.7 Å². The van der Waals surface area contributed by atoms with Crippen molar-refractivity contribution in [2.75, 3.05) is 30.7 Å². The van der Waals surface area contributed by atoms with Crippen molar-refractivity contribution in [2.24, 2.45) is 0 Å². The summed E-state index contributed by atoms with van der Waals surface area (Å²) in [7, 11) is -3.41. The third-order valence-corrected chi connectivity index (χ3v) is 5.84. The zero-order valence-corrected chi connectivity index (χ0v) is 19.9. The molecule has 4 N–H and O–H groups in total. The monoisotopic (exact) mass is 523 g/mol. The minimum Gasteiger partial charge on any atom is -0.492 e. The minimum absolute atomic E-state index is 0.231. The molecule has 4 aromatic rings. The molecule has 192 valence electrons. The van der Waals surface area contributed by atoms with Crippen LogP contribution in [0.5, 0.6) is 11.5 Å². The summed E-state index contributed by atoms with van der Waals surface area (Å²) in [6.07, 6.45) is -4.55. The first-order chi connectivity index (χ1) is 17.0. The van der Waals surface area contributed by atoms with Crippen molar-refractivity contribution in [3.8, 4) is 11.5 Å². The molecule has 1 atom stereocenters. The van der Waals surface area contributed by atoms with Crippen LogP contribution in [-0.4, -0.2) is 50.8 Å². The summed E-state index contributed by atoms with van der Waals surface area (Å²) in [5.74, 6) is 0.271. The average molecular weight is 524 g/mol. The first-order valence-electron chi connectivity index (χ1n) is 10.9. The predicted molar refractivity (Wildman–Crippen MR) is 131 cm³/mol. The summed E-state index contributed by atoms with van der Waals surface area (Å²) in [6, 6.07) is 16.0. The molecule has 0 bridgehead atoms. The normalized spacial score (nSPS) is 13.1. The summed E-state index contributed by atoms with van der Waals surface area (Å²) in [5.41, 5.74) is 2.15. The number of alkyl halides is 3. The number of ether oxygens (including phenoxy) is 2. The number of rotatable bonds is 10. The van der Waals surface area contributed by atoms with E-state index in [2.05, 4.69) is 19.8 Å². The van der Waals surface area contributed by atoms with Crippen LogP contribution in [0.3, 0.4) is 0 Å². The second-order valence-electron chi connectivity index (χ2n) is 8.16. The fraction of sp³-hybridized carbons (Fsp3) is 0.250. The van der Waals surface area contributed by atoms with Crippen LogP contribution >= 0.6 is 0 Å². The van der Waals surface area contributed by atoms with E-state index in [0.29, 0.717) is 41.2 Å². The van der Waals surface area contributed by atoms with Gasteiger partial charge in [0.2, 0.25) is 10.0 Å². The highest BCUT2D eigenvalue weighted by molar-refractivity contribution is 7.92. The van der Waals surface area contributed by atoms with Crippen molar-refractivity contribution in [1.29, 1.82) is 0 Å². The molecule has 0 aliphatic rings. The van der Waals surface area contributed by atoms with Crippen molar-refractivity contribution in [3.63, 3.8) is 0 Å². The van der Waals surface area contributed by atoms with Crippen molar-refractivity contribution in [3.05, 3.63) is 66.2 Å². The third kappa shape index (κ3) is 6.80. The molecule has 0 aliphatic heterocycles. The van der Waals surface area contributed by atoms with Crippen LogP contribution in [0.4, 0.5) is 18.9 Å². The first kappa shape index (κ1) is 25.6. The van der Waals surface area contributed by atoms with Gasteiger partial charge in [-0.2, -0.15) is 0 Å². The van der Waals surface area contributed by atoms with Crippen molar-refractivity contribution < 1.29 is 36.2 Å². The molecule has 0 spiro atoms. The fourth-order valence-electron chi connectivity index (χ4n) is 3.78. The van der Waals surface area contributed by atoms with E-state index in [4.69, 9.17) is 4.74 Å². The summed E-state index contributed by atoms with van der Waals surface area (Å²) < 4.78 is 72.3. The molecular weight excluding hydrogens is 499 g/mol. The Labute approximate surface area is 205 Å². The summed E-state index contributed by atoms with van der Waals surface area (Å²) in [6.45, 7) is 0.966. The molecule has 8 nitrogen and oxygen atoms in total. The van der Waals surface area contributed by atoms with Crippen molar-refractivity contribution in [2.45, 2.75) is 12.5 Å². The molecule has 12 heteroatoms. The van der Waals surface area contributed by atoms with E-state index in [1.54, 1.807) is 42.5 Å². The molecule has 0 fully saturated rings. The number of hydrogen-bond donors (Lipinski definition) is 4. The van der Waals surface area contributed by atoms with Crippen molar-refractivity contribution >= 4 is 37.5 Å². The molecule has 0 saturated heterocycles. The molecule has 3 aromatic carbocycles. The lowest BCUT2D eigenvalue weighted by molar-refractivity contribution is -0.274. The number of H-pyrrole nitrogens is 1. The smallest absolute Gasteiger partial charge is 0.492 e. The molecular formula is C24H24F3N3O5S. The molecule has 36 heavy (non-hydrogen) atoms. The van der Waals surface area contributed by atoms with Crippen LogP contribution in [0.2, 0.25) is 0 Å². The highest BCUT2D eigenvalue weighted by Gasteiger charge is 2.31. The lowest BCUT2D eigenvalue weighted by atomic mass is 10.1. The zero-order valence-electron chi connectivity index (χ0n) is 19.1. The Balaban J connectivity index is 1.30. The molecule has 4 rings (SSSR count). The molecule has 0 amide bonds. The van der Waals surface area contributed by atoms with Crippen LogP contribution in [0, 0.1) is 0 Å². The average Bonchev–Trinajstić information content (AvgIpc) is 3.13. The molecule has 0 radical (unpaired) electrons. The van der Waals surface area contributed by atoms with Gasteiger partial charge in [0.05, 0.1) is 23.4 Å². The van der Waals surface area contributed by atoms with Gasteiger partial charge in [-0.3, -0.25) is 4.72 Å². The topological polar surface area (TPSA) is 113 Å². The van der Waals surface area contributed by atoms with E-state index in [-0.39, 0.29) is 12.3 Å². The quantitative estimate of drug-likeness (QED) is 0.231. The van der Waals surface area contributed by atoms with Gasteiger partial charge in [0.25, 0.3) is 0 Å². The SMILES string of the molecule is CS(=O)(=O)Nc1cccc(C(O)CNCCOc2ccc3c(c2)[nH]c2cc(OC(F)(F)F)ccc23)c1. The second-order valence-corrected chi connectivity index (χ2v) is 9.90. The second kappa shape index (κ2) is 10.2. The number of benzene rings is 3. The number of aromatic amines is 1. The van der Waals surface area contributed by atoms with Gasteiger partial charge in [-0.25, -0.2) is 8.42 Å². The van der Waals surface area contributed by atoms with E-state index < -0.39 is 22.5 Å². The summed E-state index contributed by atoms with van der Waals surface area (Å²) in [4.78, 5) is 3.08. The van der Waals surface area contributed by atoms with E-state index in [1.807, 2.05) is 6.07 Å². The maximum Gasteiger partial charge on any atom is 0.573 e. The number of nitrogens with one attached hydrogen (secondary N) is 3. The minimum atomic E-state index is -4.76. The number of halogens is 3. The fourth-order valence-corrected chi connectivity index (χ4v) is 4.33. The van der Waals surface area contributed by atoms with Crippen LogP contribution in [0.25, 0.3) is 21.8 Å². The standard InChI is InChI=1S/C24H24F3N3O5S/c1-36(32,33)30-16-4-2-3-15(11-16)23(31)14-28-9-10-34-17-5-7-19-20-8-6-18(35-24(25,26)27)13-22(20)29-21(19)12-17/h2-8,11-13,23,28-31H,9-10,14H2,1H3. The zero-order chi connectivity index (χ0) is 25.9. The Kier molecular flexibility index (Phi) is 7.29. The highest BCUT2D eigenvalue weighted by atomic mass is 32.2. The van der Waals surface area contributed by atoms with Gasteiger partial charge in [-0.05, 0) is 42.0 Å². The van der Waals surface area contributed by atoms with Gasteiger partial charge >= 0.3 is 6.36 Å². The molecule has 1 aromatic heterocycles. The number of aliphatic hydroxyl groups is 1. The van der Waals surface area contributed by atoms with Crippen molar-refractivity contribution in [1.82, 2.24) is 10.3 Å². The summed E-state index contributed by atoms with van der Waals surface area (Å²) in [5, 5.41) is 15.1. The van der Waals surface area contributed by atoms with E-state index in [0.717, 1.165) is 17.0 Å². The summed E-state index contributed by atoms with van der Waals surface area (Å²) >= 11 is 0. The Bertz CT molecular complexity index is 1470. The third-order valence-electron chi connectivity index (χ3n) is 5.24. The molecule has 1 heterocycles. The van der Waals surface area contributed by atoms with E-state index in [9.17, 15) is 26.7 Å². The molecule has 0 aliphatic carbocycles. The Morgan fingerprint density at radius 3 is 2.33 bits per heavy atom. The van der Waals surface area contributed by atoms with Crippen LogP contribution in [-0.2, 0) is 10.0 Å². The number of sulfonamides is 1. The maximum atomic E-state index is 12.5. The maximum absolute atomic E-state index is 12.5. The first-order valence-corrected chi connectivity index (χ1v) is 12.8. The van der Waals surface area contributed by atoms with Gasteiger partial charge in [-0.1, -0.05) is 12.1 Å². The lowest BCUT2D eigenvalue weighted by Gasteiger charge is -2.14. The Hall–Kier alpha value is -3.48. The van der Waals surface area contributed by atoms with Gasteiger partial charge in [0.1, 0.15) is 18.1 Å². The molecule has 1 unspecified atom stereocenters. The number of fused-ring (bicyclic) bond motifs is 3. The Morgan fingerprint density at radius 2 is 1.67 bits per heavy atom. The van der Waals surface area contributed by atoms with Crippen LogP contribution < -0.4 is 19.5 Å². The van der Waals surface area contributed by atoms with Gasteiger partial charge < -0.3 is 24.9 Å². The lowest BCUT2D eigenvalue weighted by Crippen LogP contribution is -2.26. The molecule has 0 saturated carbocycles.